The molecule has 0 aliphatic carbocycles. The van der Waals surface area contributed by atoms with E-state index in [1.807, 2.05) is 39.8 Å². The number of carbonyl (C=O) groups excluding carboxylic acids is 1. The highest BCUT2D eigenvalue weighted by Crippen LogP contribution is 2.41. The number of aryl methyl sites for hydroxylation is 1. The zero-order valence-electron chi connectivity index (χ0n) is 17.3. The lowest BCUT2D eigenvalue weighted by Gasteiger charge is -2.32. The maximum absolute atomic E-state index is 13.5. The number of rotatable bonds is 8. The van der Waals surface area contributed by atoms with Crippen LogP contribution in [0.2, 0.25) is 0 Å². The molecule has 1 amide bonds. The summed E-state index contributed by atoms with van der Waals surface area (Å²) in [6.07, 6.45) is -3.04. The van der Waals surface area contributed by atoms with Crippen molar-refractivity contribution < 1.29 is 27.8 Å². The van der Waals surface area contributed by atoms with Crippen LogP contribution in [0.4, 0.5) is 13.2 Å². The summed E-state index contributed by atoms with van der Waals surface area (Å²) in [6.45, 7) is 7.10. The molecule has 1 aliphatic heterocycles. The van der Waals surface area contributed by atoms with Crippen LogP contribution in [-0.2, 0) is 4.79 Å². The van der Waals surface area contributed by atoms with Crippen LogP contribution in [-0.4, -0.2) is 40.2 Å². The molecule has 0 saturated heterocycles. The highest BCUT2D eigenvalue weighted by molar-refractivity contribution is 5.91. The average Bonchev–Trinajstić information content (AvgIpc) is 2.97. The van der Waals surface area contributed by atoms with Gasteiger partial charge in [-0.15, -0.1) is 0 Å². The first-order valence-corrected chi connectivity index (χ1v) is 9.91. The molecule has 0 aromatic heterocycles. The Bertz CT molecular complexity index is 762. The van der Waals surface area contributed by atoms with Crippen molar-refractivity contribution in [3.8, 4) is 5.75 Å². The van der Waals surface area contributed by atoms with E-state index >= 15 is 0 Å². The number of hydrazone groups is 1. The Labute approximate surface area is 169 Å². The van der Waals surface area contributed by atoms with Crippen LogP contribution >= 0.6 is 0 Å². The number of benzene rings is 1. The van der Waals surface area contributed by atoms with E-state index in [0.29, 0.717) is 18.6 Å². The van der Waals surface area contributed by atoms with Gasteiger partial charge < -0.3 is 9.84 Å². The molecular weight excluding hydrogens is 385 g/mol. The second-order valence-corrected chi connectivity index (χ2v) is 7.80. The summed E-state index contributed by atoms with van der Waals surface area (Å²) in [5.41, 5.74) is -1.41. The molecule has 162 valence electrons. The zero-order chi connectivity index (χ0) is 21.8. The fraction of sp³-hybridized carbons (Fsp3) is 0.619. The van der Waals surface area contributed by atoms with E-state index < -0.39 is 30.8 Å². The first kappa shape index (κ1) is 23.2. The summed E-state index contributed by atoms with van der Waals surface area (Å²) >= 11 is 0. The van der Waals surface area contributed by atoms with Gasteiger partial charge in [0.2, 0.25) is 0 Å². The van der Waals surface area contributed by atoms with Crippen LogP contribution in [0.25, 0.3) is 0 Å². The van der Waals surface area contributed by atoms with Crippen molar-refractivity contribution in [3.05, 3.63) is 29.3 Å². The van der Waals surface area contributed by atoms with Crippen LogP contribution in [0.1, 0.15) is 69.9 Å². The molecule has 8 heteroatoms. The van der Waals surface area contributed by atoms with Crippen molar-refractivity contribution in [1.29, 1.82) is 0 Å². The third-order valence-electron chi connectivity index (χ3n) is 4.94. The zero-order valence-corrected chi connectivity index (χ0v) is 17.3. The summed E-state index contributed by atoms with van der Waals surface area (Å²) < 4.78 is 46.2. The van der Waals surface area contributed by atoms with Crippen molar-refractivity contribution in [2.75, 3.05) is 6.61 Å². The molecule has 0 unspecified atom stereocenters. The normalized spacial score (nSPS) is 19.6. The number of hydrogen-bond donors (Lipinski definition) is 1. The quantitative estimate of drug-likeness (QED) is 0.615. The Hall–Kier alpha value is -2.09. The molecule has 1 atom stereocenters. The Kier molecular flexibility index (Phi) is 7.32. The minimum absolute atomic E-state index is 0.114. The van der Waals surface area contributed by atoms with E-state index in [2.05, 4.69) is 5.10 Å². The minimum atomic E-state index is -5.02. The topological polar surface area (TPSA) is 62.1 Å². The van der Waals surface area contributed by atoms with Gasteiger partial charge in [-0.2, -0.15) is 23.3 Å². The van der Waals surface area contributed by atoms with Crippen LogP contribution in [0.15, 0.2) is 23.3 Å². The summed E-state index contributed by atoms with van der Waals surface area (Å²) in [5.74, 6) is -0.482. The SMILES string of the molecule is CCCCCC1=NN(C(=O)COc2cc(C)ccc2C(C)C)[C@@](O)(C(F)(F)F)C1. The maximum Gasteiger partial charge on any atom is 0.438 e. The molecule has 2 rings (SSSR count). The van der Waals surface area contributed by atoms with Gasteiger partial charge in [-0.05, 0) is 42.9 Å². The summed E-state index contributed by atoms with van der Waals surface area (Å²) in [5, 5.41) is 14.2. The highest BCUT2D eigenvalue weighted by atomic mass is 19.4. The Morgan fingerprint density at radius 1 is 1.34 bits per heavy atom. The van der Waals surface area contributed by atoms with Gasteiger partial charge in [-0.1, -0.05) is 45.7 Å². The van der Waals surface area contributed by atoms with E-state index in [1.54, 1.807) is 6.07 Å². The monoisotopic (exact) mass is 414 g/mol. The average molecular weight is 414 g/mol. The molecular formula is C21H29F3N2O3. The predicted molar refractivity (Wildman–Crippen MR) is 105 cm³/mol. The van der Waals surface area contributed by atoms with Gasteiger partial charge in [0, 0.05) is 12.1 Å². The fourth-order valence-corrected chi connectivity index (χ4v) is 3.26. The molecule has 1 aromatic rings. The van der Waals surface area contributed by atoms with Crippen molar-refractivity contribution in [2.45, 2.75) is 77.6 Å². The van der Waals surface area contributed by atoms with Crippen molar-refractivity contribution in [1.82, 2.24) is 5.01 Å². The van der Waals surface area contributed by atoms with Crippen LogP contribution in [0.3, 0.4) is 0 Å². The number of hydrogen-bond acceptors (Lipinski definition) is 4. The Morgan fingerprint density at radius 3 is 2.62 bits per heavy atom. The smallest absolute Gasteiger partial charge is 0.438 e. The van der Waals surface area contributed by atoms with E-state index in [-0.39, 0.29) is 16.6 Å². The molecule has 0 radical (unpaired) electrons. The lowest BCUT2D eigenvalue weighted by molar-refractivity contribution is -0.302. The van der Waals surface area contributed by atoms with Gasteiger partial charge >= 0.3 is 6.18 Å². The van der Waals surface area contributed by atoms with E-state index in [0.717, 1.165) is 24.0 Å². The number of ether oxygens (including phenoxy) is 1. The summed E-state index contributed by atoms with van der Waals surface area (Å²) in [7, 11) is 0. The van der Waals surface area contributed by atoms with Gasteiger partial charge in [0.1, 0.15) is 5.75 Å². The maximum atomic E-state index is 13.5. The minimum Gasteiger partial charge on any atom is -0.483 e. The van der Waals surface area contributed by atoms with Crippen LogP contribution in [0, 0.1) is 6.92 Å². The van der Waals surface area contributed by atoms with E-state index in [1.165, 1.54) is 0 Å². The lowest BCUT2D eigenvalue weighted by atomic mass is 10.0. The summed E-state index contributed by atoms with van der Waals surface area (Å²) in [4.78, 5) is 12.6. The Morgan fingerprint density at radius 2 is 2.03 bits per heavy atom. The highest BCUT2D eigenvalue weighted by Gasteiger charge is 2.63. The number of aliphatic hydroxyl groups is 1. The van der Waals surface area contributed by atoms with E-state index in [9.17, 15) is 23.1 Å². The number of nitrogens with zero attached hydrogens (tertiary/aromatic N) is 2. The van der Waals surface area contributed by atoms with Crippen molar-refractivity contribution in [2.24, 2.45) is 5.10 Å². The molecule has 29 heavy (non-hydrogen) atoms. The second kappa shape index (κ2) is 9.15. The molecule has 0 bridgehead atoms. The van der Waals surface area contributed by atoms with Crippen molar-refractivity contribution >= 4 is 11.6 Å². The van der Waals surface area contributed by atoms with E-state index in [4.69, 9.17) is 4.74 Å². The first-order chi connectivity index (χ1) is 13.5. The van der Waals surface area contributed by atoms with Gasteiger partial charge in [-0.3, -0.25) is 4.79 Å². The first-order valence-electron chi connectivity index (χ1n) is 9.91. The number of alkyl halides is 3. The molecule has 0 saturated carbocycles. The Balaban J connectivity index is 2.19. The number of carbonyl (C=O) groups is 1. The molecule has 1 aliphatic rings. The molecule has 1 heterocycles. The van der Waals surface area contributed by atoms with Gasteiger partial charge in [0.05, 0.1) is 0 Å². The van der Waals surface area contributed by atoms with Crippen LogP contribution in [0.5, 0.6) is 5.75 Å². The third kappa shape index (κ3) is 5.29. The summed E-state index contributed by atoms with van der Waals surface area (Å²) in [6, 6.07) is 5.51. The number of amides is 1. The number of unbranched alkanes of at least 4 members (excludes halogenated alkanes) is 2. The standard InChI is InChI=1S/C21H29F3N2O3/c1-5-6-7-8-16-12-20(28,21(22,23)24)26(25-16)19(27)13-29-18-11-15(4)9-10-17(18)14(2)3/h9-11,14,28H,5-8,12-13H2,1-4H3/t20-/m0/s1. The van der Waals surface area contributed by atoms with Gasteiger partial charge in [0.25, 0.3) is 11.6 Å². The van der Waals surface area contributed by atoms with Gasteiger partial charge in [-0.25, -0.2) is 0 Å². The largest absolute Gasteiger partial charge is 0.483 e. The molecule has 0 spiro atoms. The molecule has 1 N–H and O–H groups in total. The third-order valence-corrected chi connectivity index (χ3v) is 4.94. The van der Waals surface area contributed by atoms with Crippen LogP contribution < -0.4 is 4.74 Å². The number of halogens is 3. The van der Waals surface area contributed by atoms with Crippen molar-refractivity contribution in [3.63, 3.8) is 0 Å². The van der Waals surface area contributed by atoms with Gasteiger partial charge in [0.15, 0.2) is 6.61 Å². The fourth-order valence-electron chi connectivity index (χ4n) is 3.26. The molecule has 0 fully saturated rings. The second-order valence-electron chi connectivity index (χ2n) is 7.80. The predicted octanol–water partition coefficient (Wildman–Crippen LogP) is 4.92. The lowest BCUT2D eigenvalue weighted by Crippen LogP contribution is -2.57. The molecule has 1 aromatic carbocycles. The molecule has 5 nitrogen and oxygen atoms in total.